The Morgan fingerprint density at radius 2 is 2.06 bits per heavy atom. The summed E-state index contributed by atoms with van der Waals surface area (Å²) in [6, 6.07) is 0. The maximum Gasteiger partial charge on any atom is 0.226 e. The Balaban J connectivity index is 2.46. The number of allylic oxidation sites excluding steroid dienone is 2. The number of hydrogen-bond donors (Lipinski definition) is 0. The molecule has 98 valence electrons. The second-order valence-corrected chi connectivity index (χ2v) is 6.81. The smallest absolute Gasteiger partial charge is 0.226 e. The van der Waals surface area contributed by atoms with Crippen molar-refractivity contribution in [2.24, 2.45) is 22.7 Å². The highest BCUT2D eigenvalue weighted by molar-refractivity contribution is 6.02. The summed E-state index contributed by atoms with van der Waals surface area (Å²) in [5.74, 6) is 1.19. The van der Waals surface area contributed by atoms with E-state index in [1.54, 1.807) is 0 Å². The SMILES string of the molecule is [C-]#[N+]C1=C[C@]2(C)C[C@@H](CC)CC[C@H]2C(C)(C)C1=O. The predicted octanol–water partition coefficient (Wildman–Crippen LogP) is 4.23. The number of carbonyl (C=O) groups is 1. The number of ketones is 1. The van der Waals surface area contributed by atoms with Crippen LogP contribution in [0.25, 0.3) is 4.85 Å². The van der Waals surface area contributed by atoms with Gasteiger partial charge in [0, 0.05) is 5.41 Å². The molecule has 1 saturated carbocycles. The van der Waals surface area contributed by atoms with E-state index in [0.717, 1.165) is 18.8 Å². The van der Waals surface area contributed by atoms with Crippen LogP contribution in [0.1, 0.15) is 53.4 Å². The van der Waals surface area contributed by atoms with Gasteiger partial charge in [-0.1, -0.05) is 46.6 Å². The van der Waals surface area contributed by atoms with E-state index in [1.165, 1.54) is 12.8 Å². The monoisotopic (exact) mass is 245 g/mol. The molecular weight excluding hydrogens is 222 g/mol. The Bertz CT molecular complexity index is 441. The van der Waals surface area contributed by atoms with Gasteiger partial charge in [-0.05, 0) is 30.1 Å². The van der Waals surface area contributed by atoms with E-state index in [4.69, 9.17) is 6.57 Å². The van der Waals surface area contributed by atoms with E-state index < -0.39 is 0 Å². The van der Waals surface area contributed by atoms with E-state index in [-0.39, 0.29) is 16.6 Å². The summed E-state index contributed by atoms with van der Waals surface area (Å²) in [6.45, 7) is 15.8. The third-order valence-corrected chi connectivity index (χ3v) is 5.24. The van der Waals surface area contributed by atoms with Gasteiger partial charge in [-0.15, -0.1) is 0 Å². The van der Waals surface area contributed by atoms with Gasteiger partial charge in [0.1, 0.15) is 0 Å². The summed E-state index contributed by atoms with van der Waals surface area (Å²) in [5.41, 5.74) is 0.0358. The van der Waals surface area contributed by atoms with Crippen LogP contribution in [0.3, 0.4) is 0 Å². The summed E-state index contributed by atoms with van der Waals surface area (Å²) in [7, 11) is 0. The molecule has 1 fully saturated rings. The van der Waals surface area contributed by atoms with Crippen molar-refractivity contribution < 1.29 is 4.79 Å². The first-order valence-corrected chi connectivity index (χ1v) is 7.00. The minimum atomic E-state index is -0.373. The molecule has 0 amide bonds. The van der Waals surface area contributed by atoms with E-state index in [2.05, 4.69) is 18.7 Å². The maximum absolute atomic E-state index is 12.3. The highest BCUT2D eigenvalue weighted by Gasteiger charge is 2.52. The number of Topliss-reactive ketones (excluding diaryl/α,β-unsaturated/α-hetero) is 1. The van der Waals surface area contributed by atoms with Gasteiger partial charge in [0.15, 0.2) is 5.78 Å². The largest absolute Gasteiger partial charge is 0.307 e. The Morgan fingerprint density at radius 3 is 2.61 bits per heavy atom. The fraction of sp³-hybridized carbons (Fsp3) is 0.750. The first-order chi connectivity index (χ1) is 8.35. The van der Waals surface area contributed by atoms with Gasteiger partial charge in [0.05, 0.1) is 6.57 Å². The van der Waals surface area contributed by atoms with Crippen molar-refractivity contribution >= 4 is 5.78 Å². The van der Waals surface area contributed by atoms with Gasteiger partial charge in [0.2, 0.25) is 5.70 Å². The highest BCUT2D eigenvalue weighted by Crippen LogP contribution is 2.56. The zero-order valence-corrected chi connectivity index (χ0v) is 11.9. The molecule has 0 heterocycles. The molecule has 0 N–H and O–H groups in total. The topological polar surface area (TPSA) is 21.4 Å². The molecule has 0 radical (unpaired) electrons. The fourth-order valence-electron chi connectivity index (χ4n) is 4.24. The molecule has 0 aromatic rings. The molecule has 0 aromatic heterocycles. The third kappa shape index (κ3) is 1.81. The number of hydrogen-bond acceptors (Lipinski definition) is 1. The van der Waals surface area contributed by atoms with E-state index in [1.807, 2.05) is 19.9 Å². The van der Waals surface area contributed by atoms with Crippen LogP contribution in [0.4, 0.5) is 0 Å². The Hall–Kier alpha value is -1.10. The number of rotatable bonds is 1. The van der Waals surface area contributed by atoms with Crippen LogP contribution in [0.5, 0.6) is 0 Å². The van der Waals surface area contributed by atoms with Gasteiger partial charge >= 0.3 is 0 Å². The molecule has 2 heteroatoms. The summed E-state index contributed by atoms with van der Waals surface area (Å²) in [5, 5.41) is 0. The number of nitrogens with zero attached hydrogens (tertiary/aromatic N) is 1. The second-order valence-electron chi connectivity index (χ2n) is 6.81. The standard InChI is InChI=1S/C16H23NO/c1-6-11-7-8-13-15(2,3)14(18)12(17-5)10-16(13,4)9-11/h10-11,13H,6-9H2,1-4H3/t11-,13-,16-/m0/s1. The van der Waals surface area contributed by atoms with Crippen LogP contribution < -0.4 is 0 Å². The van der Waals surface area contributed by atoms with E-state index in [9.17, 15) is 4.79 Å². The van der Waals surface area contributed by atoms with Crippen molar-refractivity contribution in [2.75, 3.05) is 0 Å². The molecule has 18 heavy (non-hydrogen) atoms. The van der Waals surface area contributed by atoms with Crippen molar-refractivity contribution in [2.45, 2.75) is 53.4 Å². The lowest BCUT2D eigenvalue weighted by atomic mass is 9.51. The van der Waals surface area contributed by atoms with Gasteiger partial charge in [0.25, 0.3) is 0 Å². The molecule has 2 aliphatic carbocycles. The molecule has 0 unspecified atom stereocenters. The molecule has 3 atom stereocenters. The normalized spacial score (nSPS) is 38.6. The Labute approximate surface area is 110 Å². The van der Waals surface area contributed by atoms with Crippen molar-refractivity contribution in [3.63, 3.8) is 0 Å². The minimum absolute atomic E-state index is 0.0379. The molecule has 0 saturated heterocycles. The minimum Gasteiger partial charge on any atom is -0.307 e. The lowest BCUT2D eigenvalue weighted by Crippen LogP contribution is -2.49. The zero-order chi connectivity index (χ0) is 13.6. The predicted molar refractivity (Wildman–Crippen MR) is 72.7 cm³/mol. The highest BCUT2D eigenvalue weighted by atomic mass is 16.1. The van der Waals surface area contributed by atoms with Crippen LogP contribution in [0.15, 0.2) is 11.8 Å². The molecule has 0 spiro atoms. The van der Waals surface area contributed by atoms with Gasteiger partial charge in [-0.3, -0.25) is 0 Å². The average Bonchev–Trinajstić information content (AvgIpc) is 2.33. The third-order valence-electron chi connectivity index (χ3n) is 5.24. The lowest BCUT2D eigenvalue weighted by Gasteiger charge is -2.52. The zero-order valence-electron chi connectivity index (χ0n) is 11.9. The molecule has 0 aromatic carbocycles. The molecule has 0 aliphatic heterocycles. The van der Waals surface area contributed by atoms with E-state index >= 15 is 0 Å². The Morgan fingerprint density at radius 1 is 1.39 bits per heavy atom. The van der Waals surface area contributed by atoms with Crippen molar-refractivity contribution in [1.29, 1.82) is 0 Å². The first-order valence-electron chi connectivity index (χ1n) is 7.00. The van der Waals surface area contributed by atoms with Crippen molar-refractivity contribution in [1.82, 2.24) is 0 Å². The lowest BCUT2D eigenvalue weighted by molar-refractivity contribution is -0.131. The van der Waals surface area contributed by atoms with Crippen LogP contribution >= 0.6 is 0 Å². The molecular formula is C16H23NO. The molecule has 0 bridgehead atoms. The van der Waals surface area contributed by atoms with Crippen LogP contribution in [0.2, 0.25) is 0 Å². The van der Waals surface area contributed by atoms with Gasteiger partial charge in [-0.25, -0.2) is 4.85 Å². The van der Waals surface area contributed by atoms with Gasteiger partial charge < -0.3 is 4.79 Å². The van der Waals surface area contributed by atoms with Crippen molar-refractivity contribution in [3.05, 3.63) is 23.2 Å². The molecule has 2 rings (SSSR count). The first kappa shape index (κ1) is 13.3. The fourth-order valence-corrected chi connectivity index (χ4v) is 4.24. The second kappa shape index (κ2) is 4.23. The quantitative estimate of drug-likeness (QED) is 0.633. The van der Waals surface area contributed by atoms with Crippen LogP contribution in [-0.2, 0) is 4.79 Å². The van der Waals surface area contributed by atoms with Crippen molar-refractivity contribution in [3.8, 4) is 0 Å². The van der Waals surface area contributed by atoms with E-state index in [0.29, 0.717) is 11.6 Å². The molecule has 2 nitrogen and oxygen atoms in total. The molecule has 2 aliphatic rings. The van der Waals surface area contributed by atoms with Crippen LogP contribution in [-0.4, -0.2) is 5.78 Å². The number of carbonyl (C=O) groups excluding carboxylic acids is 1. The van der Waals surface area contributed by atoms with Gasteiger partial charge in [-0.2, -0.15) is 0 Å². The average molecular weight is 245 g/mol. The Kier molecular flexibility index (Phi) is 3.13. The van der Waals surface area contributed by atoms with Crippen LogP contribution in [0, 0.1) is 29.2 Å². The summed E-state index contributed by atoms with van der Waals surface area (Å²) >= 11 is 0. The summed E-state index contributed by atoms with van der Waals surface area (Å²) < 4.78 is 0. The summed E-state index contributed by atoms with van der Waals surface area (Å²) in [4.78, 5) is 15.8. The summed E-state index contributed by atoms with van der Waals surface area (Å²) in [6.07, 6.45) is 6.67. The maximum atomic E-state index is 12.3. The number of fused-ring (bicyclic) bond motifs is 1.